The van der Waals surface area contributed by atoms with Gasteiger partial charge in [-0.3, -0.25) is 5.10 Å². The first-order chi connectivity index (χ1) is 11.8. The van der Waals surface area contributed by atoms with Crippen molar-refractivity contribution in [2.45, 2.75) is 20.3 Å². The fraction of sp³-hybridized carbons (Fsp3) is 0.250. The molecule has 24 heavy (non-hydrogen) atoms. The molecule has 4 rings (SSSR count). The Hall–Kier alpha value is -2.75. The van der Waals surface area contributed by atoms with E-state index in [4.69, 9.17) is 9.47 Å². The molecule has 2 heterocycles. The van der Waals surface area contributed by atoms with E-state index in [1.54, 1.807) is 0 Å². The van der Waals surface area contributed by atoms with Gasteiger partial charge in [-0.25, -0.2) is 0 Å². The summed E-state index contributed by atoms with van der Waals surface area (Å²) >= 11 is 0. The van der Waals surface area contributed by atoms with E-state index in [0.717, 1.165) is 46.0 Å². The Labute approximate surface area is 141 Å². The highest BCUT2D eigenvalue weighted by Gasteiger charge is 2.18. The summed E-state index contributed by atoms with van der Waals surface area (Å²) in [7, 11) is 0. The lowest BCUT2D eigenvalue weighted by Gasteiger charge is -2.19. The number of aromatic nitrogens is 2. The van der Waals surface area contributed by atoms with Crippen LogP contribution in [0.2, 0.25) is 0 Å². The van der Waals surface area contributed by atoms with Crippen LogP contribution in [0.15, 0.2) is 42.5 Å². The summed E-state index contributed by atoms with van der Waals surface area (Å²) in [4.78, 5) is 0. The van der Waals surface area contributed by atoms with Crippen molar-refractivity contribution in [1.29, 1.82) is 0 Å². The number of H-pyrrole nitrogens is 1. The van der Waals surface area contributed by atoms with Gasteiger partial charge in [0.1, 0.15) is 18.9 Å². The second-order valence-corrected chi connectivity index (χ2v) is 5.98. The molecule has 0 spiro atoms. The van der Waals surface area contributed by atoms with Crippen LogP contribution in [-0.2, 0) is 6.42 Å². The molecule has 2 aromatic carbocycles. The summed E-state index contributed by atoms with van der Waals surface area (Å²) < 4.78 is 11.4. The zero-order valence-electron chi connectivity index (χ0n) is 13.9. The lowest BCUT2D eigenvalue weighted by Crippen LogP contribution is -2.15. The molecule has 1 aromatic heterocycles. The third-order valence-electron chi connectivity index (χ3n) is 4.39. The molecule has 122 valence electrons. The van der Waals surface area contributed by atoms with Crippen molar-refractivity contribution in [3.63, 3.8) is 0 Å². The molecule has 0 atom stereocenters. The van der Waals surface area contributed by atoms with Gasteiger partial charge < -0.3 is 9.47 Å². The SMILES string of the molecule is CCc1cccc(-c2n[nH]c(C)c2-c2ccc3c(c2)OCCO3)c1. The Morgan fingerprint density at radius 1 is 1.00 bits per heavy atom. The number of benzene rings is 2. The largest absolute Gasteiger partial charge is 0.486 e. The van der Waals surface area contributed by atoms with Gasteiger partial charge >= 0.3 is 0 Å². The van der Waals surface area contributed by atoms with Crippen molar-refractivity contribution in [2.24, 2.45) is 0 Å². The minimum absolute atomic E-state index is 0.590. The predicted octanol–water partition coefficient (Wildman–Crippen LogP) is 4.39. The van der Waals surface area contributed by atoms with Gasteiger partial charge in [0.25, 0.3) is 0 Å². The second-order valence-electron chi connectivity index (χ2n) is 5.98. The fourth-order valence-electron chi connectivity index (χ4n) is 3.13. The maximum Gasteiger partial charge on any atom is 0.161 e. The zero-order valence-corrected chi connectivity index (χ0v) is 13.9. The van der Waals surface area contributed by atoms with Gasteiger partial charge in [-0.05, 0) is 42.7 Å². The van der Waals surface area contributed by atoms with Gasteiger partial charge in [0.05, 0.1) is 0 Å². The van der Waals surface area contributed by atoms with E-state index < -0.39 is 0 Å². The van der Waals surface area contributed by atoms with Gasteiger partial charge in [-0.15, -0.1) is 0 Å². The molecule has 0 radical (unpaired) electrons. The molecular formula is C20H20N2O2. The molecule has 0 fully saturated rings. The summed E-state index contributed by atoms with van der Waals surface area (Å²) in [5.74, 6) is 1.60. The molecule has 0 bridgehead atoms. The van der Waals surface area contributed by atoms with Crippen LogP contribution < -0.4 is 9.47 Å². The molecular weight excluding hydrogens is 300 g/mol. The molecule has 0 unspecified atom stereocenters. The van der Waals surface area contributed by atoms with Gasteiger partial charge in [-0.1, -0.05) is 31.2 Å². The quantitative estimate of drug-likeness (QED) is 0.779. The molecule has 3 aromatic rings. The van der Waals surface area contributed by atoms with E-state index in [9.17, 15) is 0 Å². The minimum Gasteiger partial charge on any atom is -0.486 e. The van der Waals surface area contributed by atoms with Crippen LogP contribution in [0.1, 0.15) is 18.2 Å². The lowest BCUT2D eigenvalue weighted by atomic mass is 9.97. The number of nitrogens with one attached hydrogen (secondary N) is 1. The van der Waals surface area contributed by atoms with Gasteiger partial charge in [0.2, 0.25) is 0 Å². The topological polar surface area (TPSA) is 47.1 Å². The Bertz CT molecular complexity index is 883. The average molecular weight is 320 g/mol. The van der Waals surface area contributed by atoms with Crippen molar-refractivity contribution in [3.8, 4) is 33.9 Å². The first kappa shape index (κ1) is 14.8. The van der Waals surface area contributed by atoms with Crippen LogP contribution in [-0.4, -0.2) is 23.4 Å². The normalized spacial score (nSPS) is 13.1. The van der Waals surface area contributed by atoms with Crippen molar-refractivity contribution in [1.82, 2.24) is 10.2 Å². The summed E-state index contributed by atoms with van der Waals surface area (Å²) in [5, 5.41) is 7.68. The smallest absolute Gasteiger partial charge is 0.161 e. The number of ether oxygens (including phenoxy) is 2. The van der Waals surface area contributed by atoms with E-state index in [2.05, 4.69) is 47.5 Å². The summed E-state index contributed by atoms with van der Waals surface area (Å²) in [5.41, 5.74) is 6.65. The Balaban J connectivity index is 1.83. The van der Waals surface area contributed by atoms with E-state index in [1.165, 1.54) is 5.56 Å². The van der Waals surface area contributed by atoms with E-state index >= 15 is 0 Å². The van der Waals surface area contributed by atoms with Crippen molar-refractivity contribution >= 4 is 0 Å². The van der Waals surface area contributed by atoms with Crippen LogP contribution >= 0.6 is 0 Å². The van der Waals surface area contributed by atoms with Crippen molar-refractivity contribution in [2.75, 3.05) is 13.2 Å². The molecule has 1 N–H and O–H groups in total. The lowest BCUT2D eigenvalue weighted by molar-refractivity contribution is 0.171. The third kappa shape index (κ3) is 2.54. The molecule has 1 aliphatic heterocycles. The van der Waals surface area contributed by atoms with Gasteiger partial charge in [0.15, 0.2) is 11.5 Å². The number of nitrogens with zero attached hydrogens (tertiary/aromatic N) is 1. The van der Waals surface area contributed by atoms with E-state index in [0.29, 0.717) is 13.2 Å². The molecule has 4 heteroatoms. The number of fused-ring (bicyclic) bond motifs is 1. The fourth-order valence-corrected chi connectivity index (χ4v) is 3.13. The summed E-state index contributed by atoms with van der Waals surface area (Å²) in [6.07, 6.45) is 1.01. The van der Waals surface area contributed by atoms with Crippen molar-refractivity contribution in [3.05, 3.63) is 53.7 Å². The minimum atomic E-state index is 0.590. The molecule has 1 aliphatic rings. The molecule has 0 amide bonds. The second kappa shape index (κ2) is 6.04. The van der Waals surface area contributed by atoms with Crippen LogP contribution in [0, 0.1) is 6.92 Å². The van der Waals surface area contributed by atoms with Crippen molar-refractivity contribution < 1.29 is 9.47 Å². The Kier molecular flexibility index (Phi) is 3.73. The number of hydrogen-bond acceptors (Lipinski definition) is 3. The maximum absolute atomic E-state index is 5.73. The molecule has 0 saturated carbocycles. The van der Waals surface area contributed by atoms with Crippen LogP contribution in [0.25, 0.3) is 22.4 Å². The molecule has 0 saturated heterocycles. The van der Waals surface area contributed by atoms with E-state index in [1.807, 2.05) is 19.1 Å². The Morgan fingerprint density at radius 3 is 2.67 bits per heavy atom. The Morgan fingerprint density at radius 2 is 1.83 bits per heavy atom. The van der Waals surface area contributed by atoms with Crippen LogP contribution in [0.5, 0.6) is 11.5 Å². The monoisotopic (exact) mass is 320 g/mol. The number of hydrogen-bond donors (Lipinski definition) is 1. The zero-order chi connectivity index (χ0) is 16.5. The van der Waals surface area contributed by atoms with Gasteiger partial charge in [0, 0.05) is 16.8 Å². The predicted molar refractivity (Wildman–Crippen MR) is 94.6 cm³/mol. The third-order valence-corrected chi connectivity index (χ3v) is 4.39. The standard InChI is InChI=1S/C20H20N2O2/c1-3-14-5-4-6-16(11-14)20-19(13(2)21-22-20)15-7-8-17-18(12-15)24-10-9-23-17/h4-8,11-12H,3,9-10H2,1-2H3,(H,21,22). The summed E-state index contributed by atoms with van der Waals surface area (Å²) in [6.45, 7) is 5.40. The highest BCUT2D eigenvalue weighted by atomic mass is 16.6. The van der Waals surface area contributed by atoms with Gasteiger partial charge in [-0.2, -0.15) is 5.10 Å². The highest BCUT2D eigenvalue weighted by molar-refractivity contribution is 5.83. The number of rotatable bonds is 3. The average Bonchev–Trinajstić information content (AvgIpc) is 3.03. The number of aromatic amines is 1. The molecule has 0 aliphatic carbocycles. The number of aryl methyl sites for hydroxylation is 2. The van der Waals surface area contributed by atoms with Crippen LogP contribution in [0.4, 0.5) is 0 Å². The van der Waals surface area contributed by atoms with E-state index in [-0.39, 0.29) is 0 Å². The summed E-state index contributed by atoms with van der Waals surface area (Å²) in [6, 6.07) is 14.6. The highest BCUT2D eigenvalue weighted by Crippen LogP contribution is 2.39. The first-order valence-corrected chi connectivity index (χ1v) is 8.30. The molecule has 4 nitrogen and oxygen atoms in total. The maximum atomic E-state index is 5.73. The first-order valence-electron chi connectivity index (χ1n) is 8.30. The van der Waals surface area contributed by atoms with Crippen LogP contribution in [0.3, 0.4) is 0 Å².